The molecule has 2 atom stereocenters. The second kappa shape index (κ2) is 6.20. The van der Waals surface area contributed by atoms with Crippen LogP contribution in [0.2, 0.25) is 0 Å². The number of aliphatic hydroxyl groups is 1. The fourth-order valence-electron chi connectivity index (χ4n) is 2.77. The summed E-state index contributed by atoms with van der Waals surface area (Å²) in [6.45, 7) is 3.36. The van der Waals surface area contributed by atoms with Crippen LogP contribution in [0.5, 0.6) is 0 Å². The number of hydrogen-bond donors (Lipinski definition) is 2. The molecule has 3 N–H and O–H groups in total. The molecule has 1 unspecified atom stereocenters. The number of rotatable bonds is 6. The molecule has 0 radical (unpaired) electrons. The fraction of sp³-hybridized carbons (Fsp3) is 0.600. The summed E-state index contributed by atoms with van der Waals surface area (Å²) in [4.78, 5) is 3.95. The molecule has 0 aromatic carbocycles. The van der Waals surface area contributed by atoms with Crippen molar-refractivity contribution in [2.75, 3.05) is 18.9 Å². The third-order valence-electron chi connectivity index (χ3n) is 3.99. The maximum atomic E-state index is 10.8. The van der Waals surface area contributed by atoms with Crippen LogP contribution in [0.1, 0.15) is 38.3 Å². The Morgan fingerprint density at radius 2 is 2.41 bits per heavy atom. The number of anilines is 1. The molecule has 0 bridgehead atoms. The number of hydrogen-bond acceptors (Lipinski definition) is 6. The first-order chi connectivity index (χ1) is 10.6. The molecule has 22 heavy (non-hydrogen) atoms. The number of aromatic nitrogens is 3. The molecule has 7 heteroatoms. The highest BCUT2D eigenvalue weighted by Crippen LogP contribution is 2.37. The van der Waals surface area contributed by atoms with Crippen molar-refractivity contribution in [3.63, 3.8) is 0 Å². The predicted octanol–water partition coefficient (Wildman–Crippen LogP) is 1.45. The zero-order valence-corrected chi connectivity index (χ0v) is 12.7. The first kappa shape index (κ1) is 15.2. The number of nitrogens with zero attached hydrogens (tertiary/aromatic N) is 3. The highest BCUT2D eigenvalue weighted by atomic mass is 16.6. The van der Waals surface area contributed by atoms with E-state index in [1.54, 1.807) is 16.6 Å². The first-order valence-corrected chi connectivity index (χ1v) is 7.70. The van der Waals surface area contributed by atoms with Crippen LogP contribution in [0.25, 0.3) is 5.52 Å². The van der Waals surface area contributed by atoms with Crippen molar-refractivity contribution >= 4 is 11.3 Å². The summed E-state index contributed by atoms with van der Waals surface area (Å²) in [6.07, 6.45) is 4.66. The lowest BCUT2D eigenvalue weighted by Crippen LogP contribution is -2.29. The van der Waals surface area contributed by atoms with Gasteiger partial charge in [0, 0.05) is 13.0 Å². The third-order valence-corrected chi connectivity index (χ3v) is 3.99. The molecule has 1 aliphatic rings. The van der Waals surface area contributed by atoms with Gasteiger partial charge in [0.1, 0.15) is 17.5 Å². The number of nitrogen functional groups attached to an aromatic ring is 1. The van der Waals surface area contributed by atoms with Gasteiger partial charge in [-0.1, -0.05) is 13.3 Å². The van der Waals surface area contributed by atoms with E-state index in [0.717, 1.165) is 25.9 Å². The van der Waals surface area contributed by atoms with E-state index in [1.807, 2.05) is 0 Å². The van der Waals surface area contributed by atoms with Gasteiger partial charge in [-0.3, -0.25) is 0 Å². The molecule has 1 fully saturated rings. The minimum Gasteiger partial charge on any atom is -0.382 e. The number of ether oxygens (including phenoxy) is 2. The van der Waals surface area contributed by atoms with Gasteiger partial charge < -0.3 is 20.3 Å². The molecule has 2 aromatic heterocycles. The molecule has 1 aliphatic heterocycles. The molecule has 0 spiro atoms. The van der Waals surface area contributed by atoms with Crippen LogP contribution in [-0.4, -0.2) is 39.0 Å². The van der Waals surface area contributed by atoms with Crippen molar-refractivity contribution in [3.05, 3.63) is 24.2 Å². The molecule has 0 saturated carbocycles. The number of unbranched alkanes of at least 4 members (excludes halogenated alkanes) is 1. The molecule has 120 valence electrons. The number of fused-ring (bicyclic) bond motifs is 1. The molecule has 7 nitrogen and oxygen atoms in total. The molecule has 0 aliphatic carbocycles. The summed E-state index contributed by atoms with van der Waals surface area (Å²) in [5.74, 6) is -0.978. The standard InChI is InChI=1S/C15H22N4O3/c1-2-3-8-21-9-11-6-7-15(20,22-11)13-5-4-12-14(16)17-10-18-19(12)13/h4-5,10-11,20H,2-3,6-9H2,1H3,(H2,16,17,18)/t11-,15?/m0/s1. The normalized spacial score (nSPS) is 25.1. The zero-order valence-electron chi connectivity index (χ0n) is 12.7. The Morgan fingerprint density at radius 3 is 3.23 bits per heavy atom. The van der Waals surface area contributed by atoms with E-state index >= 15 is 0 Å². The van der Waals surface area contributed by atoms with Crippen molar-refractivity contribution in [1.29, 1.82) is 0 Å². The van der Waals surface area contributed by atoms with Gasteiger partial charge in [0.15, 0.2) is 5.82 Å². The molecular weight excluding hydrogens is 284 g/mol. The summed E-state index contributed by atoms with van der Waals surface area (Å²) in [5, 5.41) is 15.0. The van der Waals surface area contributed by atoms with Crippen LogP contribution < -0.4 is 5.73 Å². The van der Waals surface area contributed by atoms with Gasteiger partial charge in [0.2, 0.25) is 5.79 Å². The van der Waals surface area contributed by atoms with E-state index in [9.17, 15) is 5.11 Å². The Kier molecular flexibility index (Phi) is 4.28. The summed E-state index contributed by atoms with van der Waals surface area (Å²) in [5.41, 5.74) is 7.06. The fourth-order valence-corrected chi connectivity index (χ4v) is 2.77. The first-order valence-electron chi connectivity index (χ1n) is 7.70. The van der Waals surface area contributed by atoms with Gasteiger partial charge in [0.05, 0.1) is 12.7 Å². The van der Waals surface area contributed by atoms with Gasteiger partial charge in [-0.15, -0.1) is 0 Å². The Hall–Kier alpha value is -1.70. The maximum Gasteiger partial charge on any atom is 0.210 e. The average Bonchev–Trinajstić information content (AvgIpc) is 3.10. The lowest BCUT2D eigenvalue weighted by Gasteiger charge is -2.23. The Balaban J connectivity index is 1.72. The topological polar surface area (TPSA) is 94.9 Å². The summed E-state index contributed by atoms with van der Waals surface area (Å²) in [6, 6.07) is 3.57. The van der Waals surface area contributed by atoms with Crippen LogP contribution in [0.15, 0.2) is 18.5 Å². The van der Waals surface area contributed by atoms with Gasteiger partial charge in [-0.25, -0.2) is 9.50 Å². The lowest BCUT2D eigenvalue weighted by atomic mass is 10.1. The van der Waals surface area contributed by atoms with Gasteiger partial charge in [-0.05, 0) is 25.0 Å². The van der Waals surface area contributed by atoms with Crippen LogP contribution in [0.3, 0.4) is 0 Å². The van der Waals surface area contributed by atoms with E-state index in [-0.39, 0.29) is 6.10 Å². The third kappa shape index (κ3) is 2.79. The lowest BCUT2D eigenvalue weighted by molar-refractivity contribution is -0.211. The summed E-state index contributed by atoms with van der Waals surface area (Å²) < 4.78 is 13.0. The Labute approximate surface area is 129 Å². The second-order valence-corrected chi connectivity index (χ2v) is 5.65. The van der Waals surface area contributed by atoms with Gasteiger partial charge in [-0.2, -0.15) is 5.10 Å². The Bertz CT molecular complexity index is 645. The molecule has 2 aromatic rings. The van der Waals surface area contributed by atoms with Gasteiger partial charge in [0.25, 0.3) is 0 Å². The van der Waals surface area contributed by atoms with E-state index in [4.69, 9.17) is 15.2 Å². The van der Waals surface area contributed by atoms with Crippen molar-refractivity contribution in [3.8, 4) is 0 Å². The highest BCUT2D eigenvalue weighted by molar-refractivity contribution is 5.65. The van der Waals surface area contributed by atoms with Crippen molar-refractivity contribution in [2.24, 2.45) is 0 Å². The van der Waals surface area contributed by atoms with Crippen molar-refractivity contribution in [2.45, 2.75) is 44.5 Å². The van der Waals surface area contributed by atoms with E-state index in [1.165, 1.54) is 6.33 Å². The quantitative estimate of drug-likeness (QED) is 0.784. The smallest absolute Gasteiger partial charge is 0.210 e. The minimum absolute atomic E-state index is 0.105. The monoisotopic (exact) mass is 306 g/mol. The number of nitrogens with two attached hydrogens (primary N) is 1. The van der Waals surface area contributed by atoms with Gasteiger partial charge >= 0.3 is 0 Å². The van der Waals surface area contributed by atoms with E-state index in [0.29, 0.717) is 30.1 Å². The van der Waals surface area contributed by atoms with E-state index < -0.39 is 5.79 Å². The minimum atomic E-state index is -1.36. The molecular formula is C15H22N4O3. The molecule has 3 rings (SSSR count). The van der Waals surface area contributed by atoms with E-state index in [2.05, 4.69) is 17.0 Å². The highest BCUT2D eigenvalue weighted by Gasteiger charge is 2.42. The van der Waals surface area contributed by atoms with Crippen LogP contribution >= 0.6 is 0 Å². The maximum absolute atomic E-state index is 10.8. The van der Waals surface area contributed by atoms with Crippen LogP contribution in [0.4, 0.5) is 5.82 Å². The SMILES string of the molecule is CCCCOC[C@@H]1CCC(O)(c2ccc3c(N)ncnn23)O1. The van der Waals surface area contributed by atoms with Crippen molar-refractivity contribution in [1.82, 2.24) is 14.6 Å². The molecule has 3 heterocycles. The van der Waals surface area contributed by atoms with Crippen LogP contribution in [0, 0.1) is 0 Å². The predicted molar refractivity (Wildman–Crippen MR) is 81.1 cm³/mol. The summed E-state index contributed by atoms with van der Waals surface area (Å²) in [7, 11) is 0. The zero-order chi connectivity index (χ0) is 15.6. The second-order valence-electron chi connectivity index (χ2n) is 5.65. The van der Waals surface area contributed by atoms with Crippen LogP contribution in [-0.2, 0) is 15.3 Å². The van der Waals surface area contributed by atoms with Crippen molar-refractivity contribution < 1.29 is 14.6 Å². The Morgan fingerprint density at radius 1 is 1.55 bits per heavy atom. The average molecular weight is 306 g/mol. The largest absolute Gasteiger partial charge is 0.382 e. The summed E-state index contributed by atoms with van der Waals surface area (Å²) >= 11 is 0. The molecule has 1 saturated heterocycles. The molecule has 0 amide bonds.